The molecular formula is C21H35N2O5S+. The van der Waals surface area contributed by atoms with Crippen LogP contribution in [0, 0.1) is 0 Å². The fourth-order valence-electron chi connectivity index (χ4n) is 3.92. The maximum Gasteiger partial charge on any atom is 0.243 e. The van der Waals surface area contributed by atoms with Crippen molar-refractivity contribution in [2.75, 3.05) is 52.5 Å². The van der Waals surface area contributed by atoms with Gasteiger partial charge in [-0.3, -0.25) is 0 Å². The van der Waals surface area contributed by atoms with Gasteiger partial charge in [-0.1, -0.05) is 26.0 Å². The Morgan fingerprint density at radius 2 is 1.93 bits per heavy atom. The van der Waals surface area contributed by atoms with Crippen LogP contribution in [0.4, 0.5) is 0 Å². The number of piperazine rings is 1. The molecule has 2 N–H and O–H groups in total. The van der Waals surface area contributed by atoms with Crippen molar-refractivity contribution in [3.8, 4) is 0 Å². The van der Waals surface area contributed by atoms with E-state index >= 15 is 0 Å². The number of rotatable bonds is 9. The summed E-state index contributed by atoms with van der Waals surface area (Å²) in [7, 11) is -3.46. The first-order valence-corrected chi connectivity index (χ1v) is 12.1. The first-order valence-electron chi connectivity index (χ1n) is 10.7. The van der Waals surface area contributed by atoms with Crippen LogP contribution in [0.15, 0.2) is 29.2 Å². The Balaban J connectivity index is 1.42. The lowest BCUT2D eigenvalue weighted by Crippen LogP contribution is -3.15. The van der Waals surface area contributed by atoms with E-state index in [0.29, 0.717) is 56.8 Å². The molecule has 0 aliphatic carbocycles. The van der Waals surface area contributed by atoms with Crippen LogP contribution in [0.25, 0.3) is 0 Å². The summed E-state index contributed by atoms with van der Waals surface area (Å²) in [6, 6.07) is 7.20. The highest BCUT2D eigenvalue weighted by molar-refractivity contribution is 7.89. The highest BCUT2D eigenvalue weighted by Gasteiger charge is 2.31. The zero-order valence-electron chi connectivity index (χ0n) is 17.5. The van der Waals surface area contributed by atoms with Gasteiger partial charge in [0.25, 0.3) is 0 Å². The van der Waals surface area contributed by atoms with Crippen LogP contribution in [0.1, 0.15) is 38.2 Å². The highest BCUT2D eigenvalue weighted by Crippen LogP contribution is 2.20. The molecule has 0 bridgehead atoms. The van der Waals surface area contributed by atoms with Gasteiger partial charge >= 0.3 is 0 Å². The number of benzene rings is 1. The molecule has 2 aliphatic rings. The fraction of sp³-hybridized carbons (Fsp3) is 0.714. The molecule has 3 rings (SSSR count). The van der Waals surface area contributed by atoms with Gasteiger partial charge in [0.05, 0.1) is 50.4 Å². The molecule has 29 heavy (non-hydrogen) atoms. The van der Waals surface area contributed by atoms with Gasteiger partial charge in [0, 0.05) is 6.61 Å². The number of sulfonamides is 1. The third kappa shape index (κ3) is 6.23. The molecule has 1 aromatic carbocycles. The van der Waals surface area contributed by atoms with E-state index in [1.54, 1.807) is 16.4 Å². The van der Waals surface area contributed by atoms with E-state index < -0.39 is 16.1 Å². The van der Waals surface area contributed by atoms with Crippen molar-refractivity contribution < 1.29 is 27.9 Å². The lowest BCUT2D eigenvalue weighted by molar-refractivity contribution is -0.906. The molecule has 2 aliphatic heterocycles. The van der Waals surface area contributed by atoms with E-state index in [-0.39, 0.29) is 6.10 Å². The maximum absolute atomic E-state index is 12.9. The van der Waals surface area contributed by atoms with E-state index in [4.69, 9.17) is 9.47 Å². The van der Waals surface area contributed by atoms with Gasteiger partial charge in [-0.15, -0.1) is 0 Å². The Hall–Kier alpha value is -1.03. The van der Waals surface area contributed by atoms with E-state index in [1.807, 2.05) is 12.1 Å². The van der Waals surface area contributed by atoms with Crippen LogP contribution in [-0.2, 0) is 19.5 Å². The number of aliphatic hydroxyl groups excluding tert-OH is 1. The largest absolute Gasteiger partial charge is 0.385 e. The lowest BCUT2D eigenvalue weighted by atomic mass is 10.0. The molecule has 8 heteroatoms. The van der Waals surface area contributed by atoms with Gasteiger partial charge in [0.1, 0.15) is 12.6 Å². The Labute approximate surface area is 174 Å². The van der Waals surface area contributed by atoms with Crippen LogP contribution in [0.3, 0.4) is 0 Å². The Bertz CT molecular complexity index is 724. The number of quaternary nitrogens is 1. The normalized spacial score (nSPS) is 23.0. The number of nitrogens with one attached hydrogen (secondary N) is 1. The summed E-state index contributed by atoms with van der Waals surface area (Å²) in [6.07, 6.45) is 1.73. The molecule has 2 atom stereocenters. The topological polar surface area (TPSA) is 80.5 Å². The monoisotopic (exact) mass is 427 g/mol. The SMILES string of the molecule is CC(C)c1ccc(S(=O)(=O)N2CC[NH+](C[C@H](O)COC[C@@H]3CCCO3)CC2)cc1. The average Bonchev–Trinajstić information content (AvgIpc) is 3.22. The molecule has 2 saturated heterocycles. The molecule has 2 fully saturated rings. The summed E-state index contributed by atoms with van der Waals surface area (Å²) < 4.78 is 38.5. The van der Waals surface area contributed by atoms with Gasteiger partial charge in [0.2, 0.25) is 10.0 Å². The van der Waals surface area contributed by atoms with E-state index in [9.17, 15) is 13.5 Å². The molecular weight excluding hydrogens is 392 g/mol. The predicted molar refractivity (Wildman–Crippen MR) is 111 cm³/mol. The first-order chi connectivity index (χ1) is 13.9. The second-order valence-corrected chi connectivity index (χ2v) is 10.3. The molecule has 0 spiro atoms. The fourth-order valence-corrected chi connectivity index (χ4v) is 5.37. The summed E-state index contributed by atoms with van der Waals surface area (Å²) in [4.78, 5) is 1.56. The molecule has 0 radical (unpaired) electrons. The second-order valence-electron chi connectivity index (χ2n) is 8.41. The summed E-state index contributed by atoms with van der Waals surface area (Å²) in [5.74, 6) is 0.375. The molecule has 7 nitrogen and oxygen atoms in total. The van der Waals surface area contributed by atoms with Crippen molar-refractivity contribution in [2.24, 2.45) is 0 Å². The number of hydrogen-bond acceptors (Lipinski definition) is 5. The number of hydrogen-bond donors (Lipinski definition) is 2. The molecule has 164 valence electrons. The van der Waals surface area contributed by atoms with Gasteiger partial charge in [-0.05, 0) is 36.5 Å². The van der Waals surface area contributed by atoms with Gasteiger partial charge in [0.15, 0.2) is 0 Å². The molecule has 0 saturated carbocycles. The quantitative estimate of drug-likeness (QED) is 0.591. The standard InChI is InChI=1S/C21H34N2O5S/c1-17(2)18-5-7-21(8-6-18)29(25,26)23-11-9-22(10-12-23)14-19(24)15-27-16-20-4-3-13-28-20/h5-8,17,19-20,24H,3-4,9-16H2,1-2H3/p+1/t19-,20-/m0/s1. The van der Waals surface area contributed by atoms with Crippen molar-refractivity contribution >= 4 is 10.0 Å². The maximum atomic E-state index is 12.9. The van der Waals surface area contributed by atoms with Crippen molar-refractivity contribution in [1.82, 2.24) is 4.31 Å². The molecule has 1 aromatic rings. The molecule has 2 heterocycles. The zero-order valence-corrected chi connectivity index (χ0v) is 18.4. The average molecular weight is 428 g/mol. The van der Waals surface area contributed by atoms with Crippen LogP contribution < -0.4 is 4.90 Å². The minimum atomic E-state index is -3.46. The van der Waals surface area contributed by atoms with Crippen molar-refractivity contribution in [3.63, 3.8) is 0 Å². The van der Waals surface area contributed by atoms with E-state index in [2.05, 4.69) is 13.8 Å². The van der Waals surface area contributed by atoms with Crippen molar-refractivity contribution in [2.45, 2.75) is 49.7 Å². The van der Waals surface area contributed by atoms with Gasteiger partial charge in [-0.2, -0.15) is 4.31 Å². The van der Waals surface area contributed by atoms with Crippen molar-refractivity contribution in [1.29, 1.82) is 0 Å². The van der Waals surface area contributed by atoms with Crippen molar-refractivity contribution in [3.05, 3.63) is 29.8 Å². The minimum Gasteiger partial charge on any atom is -0.385 e. The summed E-state index contributed by atoms with van der Waals surface area (Å²) in [5, 5.41) is 10.2. The molecule has 0 amide bonds. The first kappa shape index (κ1) is 22.7. The van der Waals surface area contributed by atoms with Crippen LogP contribution >= 0.6 is 0 Å². The third-order valence-electron chi connectivity index (χ3n) is 5.78. The van der Waals surface area contributed by atoms with Gasteiger partial charge in [-0.25, -0.2) is 8.42 Å². The summed E-state index contributed by atoms with van der Waals surface area (Å²) >= 11 is 0. The highest BCUT2D eigenvalue weighted by atomic mass is 32.2. The number of aliphatic hydroxyl groups is 1. The zero-order chi connectivity index (χ0) is 20.9. The van der Waals surface area contributed by atoms with Gasteiger partial charge < -0.3 is 19.5 Å². The summed E-state index contributed by atoms with van der Waals surface area (Å²) in [5.41, 5.74) is 1.13. The molecule has 0 aromatic heterocycles. The van der Waals surface area contributed by atoms with E-state index in [0.717, 1.165) is 25.0 Å². The second kappa shape index (κ2) is 10.3. The minimum absolute atomic E-state index is 0.165. The van der Waals surface area contributed by atoms with E-state index in [1.165, 1.54) is 4.90 Å². The Morgan fingerprint density at radius 1 is 1.24 bits per heavy atom. The predicted octanol–water partition coefficient (Wildman–Crippen LogP) is 0.256. The number of ether oxygens (including phenoxy) is 2. The Morgan fingerprint density at radius 3 is 2.52 bits per heavy atom. The van der Waals surface area contributed by atoms with Crippen LogP contribution in [-0.4, -0.2) is 82.6 Å². The van der Waals surface area contributed by atoms with Crippen LogP contribution in [0.2, 0.25) is 0 Å². The number of nitrogens with zero attached hydrogens (tertiary/aromatic N) is 1. The Kier molecular flexibility index (Phi) is 8.07. The third-order valence-corrected chi connectivity index (χ3v) is 7.69. The smallest absolute Gasteiger partial charge is 0.243 e. The summed E-state index contributed by atoms with van der Waals surface area (Å²) in [6.45, 7) is 8.69. The van der Waals surface area contributed by atoms with Crippen LogP contribution in [0.5, 0.6) is 0 Å². The molecule has 0 unspecified atom stereocenters. The lowest BCUT2D eigenvalue weighted by Gasteiger charge is -2.32.